The zero-order chi connectivity index (χ0) is 33.3. The van der Waals surface area contributed by atoms with Crippen LogP contribution in [0.15, 0.2) is 101 Å². The minimum absolute atomic E-state index is 0.0700. The van der Waals surface area contributed by atoms with Crippen molar-refractivity contribution < 1.29 is 37.0 Å². The normalized spacial score (nSPS) is 11.3. The van der Waals surface area contributed by atoms with Crippen LogP contribution in [-0.4, -0.2) is 60.9 Å². The highest BCUT2D eigenvalue weighted by Gasteiger charge is 2.31. The second-order valence-corrected chi connectivity index (χ2v) is 11.6. The zero-order valence-electron chi connectivity index (χ0n) is 25.9. The Hall–Kier alpha value is -5.56. The van der Waals surface area contributed by atoms with E-state index in [1.807, 2.05) is 6.07 Å². The molecule has 0 aliphatic heterocycles. The molecule has 0 fully saturated rings. The quantitative estimate of drug-likeness (QED) is 0.157. The molecule has 2 N–H and O–H groups in total. The average Bonchev–Trinajstić information content (AvgIpc) is 3.09. The molecule has 0 atom stereocenters. The first-order valence-corrected chi connectivity index (χ1v) is 15.3. The van der Waals surface area contributed by atoms with E-state index in [2.05, 4.69) is 15.8 Å². The lowest BCUT2D eigenvalue weighted by Gasteiger charge is -2.26. The molecule has 0 aliphatic carbocycles. The molecule has 0 heterocycles. The van der Waals surface area contributed by atoms with E-state index >= 15 is 0 Å². The third kappa shape index (κ3) is 7.74. The first kappa shape index (κ1) is 33.3. The van der Waals surface area contributed by atoms with Gasteiger partial charge in [-0.1, -0.05) is 30.3 Å². The number of methoxy groups -OCH3 is 4. The number of anilines is 2. The van der Waals surface area contributed by atoms with E-state index in [-0.39, 0.29) is 28.0 Å². The van der Waals surface area contributed by atoms with Crippen molar-refractivity contribution in [1.82, 2.24) is 5.43 Å². The van der Waals surface area contributed by atoms with Gasteiger partial charge in [0, 0.05) is 23.4 Å². The molecule has 46 heavy (non-hydrogen) atoms. The predicted molar refractivity (Wildman–Crippen MR) is 175 cm³/mol. The Kier molecular flexibility index (Phi) is 10.8. The lowest BCUT2D eigenvalue weighted by Crippen LogP contribution is -2.40. The maximum absolute atomic E-state index is 14.0. The van der Waals surface area contributed by atoms with Crippen molar-refractivity contribution in [2.24, 2.45) is 5.10 Å². The van der Waals surface area contributed by atoms with Crippen LogP contribution in [0.5, 0.6) is 23.0 Å². The molecule has 2 amide bonds. The van der Waals surface area contributed by atoms with Crippen LogP contribution in [-0.2, 0) is 14.8 Å². The van der Waals surface area contributed by atoms with Crippen LogP contribution in [0.1, 0.15) is 22.8 Å². The molecule has 4 rings (SSSR count). The number of carbonyl (C=O) groups excluding carboxylic acids is 2. The van der Waals surface area contributed by atoms with Crippen LogP contribution in [0, 0.1) is 0 Å². The number of rotatable bonds is 13. The van der Waals surface area contributed by atoms with Gasteiger partial charge in [-0.3, -0.25) is 13.9 Å². The fourth-order valence-electron chi connectivity index (χ4n) is 4.36. The van der Waals surface area contributed by atoms with E-state index in [9.17, 15) is 18.0 Å². The Bertz CT molecular complexity index is 1830. The van der Waals surface area contributed by atoms with Crippen LogP contribution < -0.4 is 34.0 Å². The number of hydrazone groups is 1. The summed E-state index contributed by atoms with van der Waals surface area (Å²) in [7, 11) is 1.28. The van der Waals surface area contributed by atoms with Crippen molar-refractivity contribution in [3.8, 4) is 23.0 Å². The number of hydrogen-bond acceptors (Lipinski definition) is 9. The van der Waals surface area contributed by atoms with Gasteiger partial charge in [0.1, 0.15) is 18.0 Å². The Balaban J connectivity index is 1.57. The van der Waals surface area contributed by atoms with Crippen LogP contribution in [0.2, 0.25) is 0 Å². The Morgan fingerprint density at radius 1 is 0.739 bits per heavy atom. The van der Waals surface area contributed by atoms with Crippen molar-refractivity contribution in [3.05, 3.63) is 102 Å². The molecule has 0 spiro atoms. The summed E-state index contributed by atoms with van der Waals surface area (Å²) in [6, 6.07) is 24.4. The van der Waals surface area contributed by atoms with Crippen LogP contribution in [0.3, 0.4) is 0 Å². The predicted octanol–water partition coefficient (Wildman–Crippen LogP) is 4.71. The van der Waals surface area contributed by atoms with Gasteiger partial charge in [-0.25, -0.2) is 13.8 Å². The standard InChI is InChI=1S/C33H34N4O8S/c1-22(23-11-13-25(14-12-23)34-33(39)24-9-7-6-8-10-24)35-36-32(38)21-37(28-19-26(42-2)15-17-29(28)43-3)46(40,41)27-16-18-30(44-4)31(20-27)45-5/h6-20H,21H2,1-5H3,(H,34,39)(H,36,38)/b35-22-. The number of ether oxygens (including phenoxy) is 4. The van der Waals surface area contributed by atoms with E-state index in [1.54, 1.807) is 61.5 Å². The zero-order valence-corrected chi connectivity index (χ0v) is 26.8. The summed E-state index contributed by atoms with van der Waals surface area (Å²) in [5.41, 5.74) is 4.73. The highest BCUT2D eigenvalue weighted by Crippen LogP contribution is 2.37. The first-order valence-electron chi connectivity index (χ1n) is 13.9. The Morgan fingerprint density at radius 3 is 2.02 bits per heavy atom. The summed E-state index contributed by atoms with van der Waals surface area (Å²) in [6.07, 6.45) is 0. The highest BCUT2D eigenvalue weighted by molar-refractivity contribution is 7.92. The molecule has 0 aliphatic rings. The number of benzene rings is 4. The van der Waals surface area contributed by atoms with E-state index < -0.39 is 22.5 Å². The second kappa shape index (κ2) is 14.9. The van der Waals surface area contributed by atoms with Crippen LogP contribution >= 0.6 is 0 Å². The fraction of sp³-hybridized carbons (Fsp3) is 0.182. The molecule has 0 bridgehead atoms. The van der Waals surface area contributed by atoms with Crippen LogP contribution in [0.25, 0.3) is 0 Å². The number of nitrogens with zero attached hydrogens (tertiary/aromatic N) is 2. The van der Waals surface area contributed by atoms with Gasteiger partial charge in [-0.15, -0.1) is 0 Å². The summed E-state index contributed by atoms with van der Waals surface area (Å²) >= 11 is 0. The first-order chi connectivity index (χ1) is 22.1. The van der Waals surface area contributed by atoms with E-state index in [0.29, 0.717) is 34.0 Å². The lowest BCUT2D eigenvalue weighted by molar-refractivity contribution is -0.119. The third-order valence-electron chi connectivity index (χ3n) is 6.83. The van der Waals surface area contributed by atoms with Crippen molar-refractivity contribution in [3.63, 3.8) is 0 Å². The lowest BCUT2D eigenvalue weighted by atomic mass is 10.1. The van der Waals surface area contributed by atoms with E-state index in [1.165, 1.54) is 58.8 Å². The fourth-order valence-corrected chi connectivity index (χ4v) is 5.80. The third-order valence-corrected chi connectivity index (χ3v) is 8.59. The molecule has 0 aromatic heterocycles. The molecule has 240 valence electrons. The second-order valence-electron chi connectivity index (χ2n) is 9.70. The van der Waals surface area contributed by atoms with Crippen molar-refractivity contribution in [2.45, 2.75) is 11.8 Å². The van der Waals surface area contributed by atoms with Crippen molar-refractivity contribution in [1.29, 1.82) is 0 Å². The van der Waals surface area contributed by atoms with Crippen molar-refractivity contribution >= 4 is 38.9 Å². The van der Waals surface area contributed by atoms with Gasteiger partial charge in [0.15, 0.2) is 11.5 Å². The van der Waals surface area contributed by atoms with Gasteiger partial charge in [0.25, 0.3) is 21.8 Å². The molecular formula is C33H34N4O8S. The topological polar surface area (TPSA) is 145 Å². The van der Waals surface area contributed by atoms with Gasteiger partial charge < -0.3 is 24.3 Å². The number of sulfonamides is 1. The van der Waals surface area contributed by atoms with Gasteiger partial charge in [-0.2, -0.15) is 5.10 Å². The Labute approximate surface area is 267 Å². The molecule has 13 heteroatoms. The molecule has 0 unspecified atom stereocenters. The van der Waals surface area contributed by atoms with E-state index in [4.69, 9.17) is 18.9 Å². The number of nitrogens with one attached hydrogen (secondary N) is 2. The SMILES string of the molecule is COc1ccc(OC)c(N(CC(=O)N/N=C(/C)c2ccc(NC(=O)c3ccccc3)cc2)S(=O)(=O)c2ccc(OC)c(OC)c2)c1. The minimum Gasteiger partial charge on any atom is -0.497 e. The minimum atomic E-state index is -4.37. The van der Waals surface area contributed by atoms with Gasteiger partial charge in [0.2, 0.25) is 0 Å². The molecular weight excluding hydrogens is 612 g/mol. The largest absolute Gasteiger partial charge is 0.497 e. The van der Waals surface area contributed by atoms with Gasteiger partial charge in [0.05, 0.1) is 44.7 Å². The number of amides is 2. The maximum atomic E-state index is 14.0. The summed E-state index contributed by atoms with van der Waals surface area (Å²) in [4.78, 5) is 25.5. The molecule has 4 aromatic carbocycles. The summed E-state index contributed by atoms with van der Waals surface area (Å²) in [6.45, 7) is 1.03. The summed E-state index contributed by atoms with van der Waals surface area (Å²) in [5, 5.41) is 7.00. The van der Waals surface area contributed by atoms with Crippen molar-refractivity contribution in [2.75, 3.05) is 44.6 Å². The Morgan fingerprint density at radius 2 is 1.39 bits per heavy atom. The molecule has 0 saturated carbocycles. The molecule has 4 aromatic rings. The number of hydrogen-bond donors (Lipinski definition) is 2. The average molecular weight is 647 g/mol. The maximum Gasteiger partial charge on any atom is 0.265 e. The smallest absolute Gasteiger partial charge is 0.265 e. The molecule has 0 radical (unpaired) electrons. The molecule has 12 nitrogen and oxygen atoms in total. The monoisotopic (exact) mass is 646 g/mol. The summed E-state index contributed by atoms with van der Waals surface area (Å²) in [5.74, 6) is 0.0987. The van der Waals surface area contributed by atoms with E-state index in [0.717, 1.165) is 4.31 Å². The highest BCUT2D eigenvalue weighted by atomic mass is 32.2. The van der Waals surface area contributed by atoms with Crippen LogP contribution in [0.4, 0.5) is 11.4 Å². The summed E-state index contributed by atoms with van der Waals surface area (Å²) < 4.78 is 50.3. The van der Waals surface area contributed by atoms with Gasteiger partial charge >= 0.3 is 0 Å². The number of carbonyl (C=O) groups is 2. The molecule has 0 saturated heterocycles. The van der Waals surface area contributed by atoms with Gasteiger partial charge in [-0.05, 0) is 61.0 Å².